The van der Waals surface area contributed by atoms with Crippen molar-refractivity contribution in [3.63, 3.8) is 0 Å². The molecule has 0 saturated carbocycles. The maximum absolute atomic E-state index is 13.1. The predicted octanol–water partition coefficient (Wildman–Crippen LogP) is 15.0. The molecule has 0 aromatic rings. The maximum Gasteiger partial charge on any atom is 0.306 e. The molecule has 6 nitrogen and oxygen atoms in total. The van der Waals surface area contributed by atoms with Crippen LogP contribution in [0.1, 0.15) is 233 Å². The van der Waals surface area contributed by atoms with E-state index in [1.165, 1.54) is 103 Å². The predicted molar refractivity (Wildman–Crippen MR) is 259 cm³/mol. The molecule has 60 heavy (non-hydrogen) atoms. The molecule has 0 aliphatic heterocycles. The summed E-state index contributed by atoms with van der Waals surface area (Å²) in [4.78, 5) is 26.0. The van der Waals surface area contributed by atoms with Crippen molar-refractivity contribution < 1.29 is 24.5 Å². The Labute approximate surface area is 371 Å². The summed E-state index contributed by atoms with van der Waals surface area (Å²) >= 11 is 0. The highest BCUT2D eigenvalue weighted by Gasteiger charge is 2.23. The van der Waals surface area contributed by atoms with Gasteiger partial charge in [0.05, 0.1) is 25.2 Å². The number of carbonyl (C=O) groups is 2. The monoisotopic (exact) mass is 838 g/mol. The van der Waals surface area contributed by atoms with E-state index >= 15 is 0 Å². The molecule has 3 N–H and O–H groups in total. The van der Waals surface area contributed by atoms with Gasteiger partial charge in [-0.05, 0) is 70.3 Å². The molecule has 0 aromatic heterocycles. The standard InChI is InChI=1S/C54H95NO5/c1-4-7-10-13-16-19-22-24-26-27-28-30-32-34-37-40-43-46-52(57)51(49-56)55-53(58)48-50(60-54(59)47-44-41-38-35-21-18-15-12-9-6-3)45-42-39-36-33-31-29-25-23-20-17-14-11-8-5-2/h8,11-12,15,17,20,25,29,33,36,42,45,50-52,56-57H,4-7,9-10,13-14,16,18-19,21-24,26-28,30-32,34-35,37-41,43-44,46-49H2,1-3H3,(H,55,58)/b11-8+,15-12-,20-17+,29-25+,36-33+,45-42+. The third-order valence-electron chi connectivity index (χ3n) is 11.0. The minimum atomic E-state index is -0.822. The molecule has 0 aliphatic carbocycles. The van der Waals surface area contributed by atoms with Crippen molar-refractivity contribution in [2.75, 3.05) is 6.61 Å². The molecular formula is C54H95NO5. The topological polar surface area (TPSA) is 95.9 Å². The Balaban J connectivity index is 4.64. The molecule has 0 aliphatic rings. The number of rotatable bonds is 44. The van der Waals surface area contributed by atoms with Crippen LogP contribution in [0, 0.1) is 0 Å². The van der Waals surface area contributed by atoms with Gasteiger partial charge in [-0.15, -0.1) is 0 Å². The summed E-state index contributed by atoms with van der Waals surface area (Å²) < 4.78 is 5.79. The summed E-state index contributed by atoms with van der Waals surface area (Å²) in [7, 11) is 0. The molecule has 6 heteroatoms. The summed E-state index contributed by atoms with van der Waals surface area (Å²) in [5.41, 5.74) is 0. The Morgan fingerprint density at radius 1 is 0.517 bits per heavy atom. The fourth-order valence-corrected chi connectivity index (χ4v) is 7.22. The fraction of sp³-hybridized carbons (Fsp3) is 0.741. The van der Waals surface area contributed by atoms with Gasteiger partial charge in [-0.25, -0.2) is 0 Å². The number of unbranched alkanes of at least 4 members (excludes halogenated alkanes) is 22. The Morgan fingerprint density at radius 2 is 0.967 bits per heavy atom. The van der Waals surface area contributed by atoms with Crippen LogP contribution in [0.5, 0.6) is 0 Å². The minimum absolute atomic E-state index is 0.0513. The normalized spacial score (nSPS) is 13.9. The zero-order valence-electron chi connectivity index (χ0n) is 39.3. The lowest BCUT2D eigenvalue weighted by atomic mass is 10.0. The van der Waals surface area contributed by atoms with Crippen molar-refractivity contribution in [3.05, 3.63) is 72.9 Å². The third kappa shape index (κ3) is 42.0. The fourth-order valence-electron chi connectivity index (χ4n) is 7.22. The Hall–Kier alpha value is -2.70. The molecule has 0 radical (unpaired) electrons. The van der Waals surface area contributed by atoms with Crippen molar-refractivity contribution in [3.8, 4) is 0 Å². The van der Waals surface area contributed by atoms with Gasteiger partial charge in [0.25, 0.3) is 0 Å². The summed E-state index contributed by atoms with van der Waals surface area (Å²) in [6, 6.07) is -0.745. The lowest BCUT2D eigenvalue weighted by Gasteiger charge is -2.23. The quantitative estimate of drug-likeness (QED) is 0.0323. The number of hydrogen-bond donors (Lipinski definition) is 3. The highest BCUT2D eigenvalue weighted by atomic mass is 16.5. The van der Waals surface area contributed by atoms with Gasteiger partial charge in [-0.2, -0.15) is 0 Å². The second-order valence-corrected chi connectivity index (χ2v) is 16.8. The molecule has 3 unspecified atom stereocenters. The maximum atomic E-state index is 13.1. The Bertz CT molecular complexity index is 1120. The molecular weight excluding hydrogens is 743 g/mol. The average Bonchev–Trinajstić information content (AvgIpc) is 3.24. The average molecular weight is 838 g/mol. The molecule has 0 heterocycles. The van der Waals surface area contributed by atoms with Crippen molar-refractivity contribution in [2.24, 2.45) is 0 Å². The van der Waals surface area contributed by atoms with Gasteiger partial charge in [0.1, 0.15) is 6.10 Å². The summed E-state index contributed by atoms with van der Waals surface area (Å²) in [6.07, 6.45) is 60.0. The third-order valence-corrected chi connectivity index (χ3v) is 11.0. The second kappa shape index (κ2) is 47.4. The van der Waals surface area contributed by atoms with E-state index in [-0.39, 0.29) is 24.9 Å². The second-order valence-electron chi connectivity index (χ2n) is 16.8. The van der Waals surface area contributed by atoms with Crippen LogP contribution in [-0.4, -0.2) is 46.9 Å². The molecule has 0 spiro atoms. The molecule has 0 rings (SSSR count). The first-order valence-electron chi connectivity index (χ1n) is 25.2. The van der Waals surface area contributed by atoms with E-state index < -0.39 is 18.2 Å². The van der Waals surface area contributed by atoms with Crippen LogP contribution in [0.4, 0.5) is 0 Å². The number of allylic oxidation sites excluding steroid dienone is 11. The number of hydrogen-bond acceptors (Lipinski definition) is 5. The van der Waals surface area contributed by atoms with E-state index in [2.05, 4.69) is 86.8 Å². The van der Waals surface area contributed by atoms with Crippen LogP contribution in [0.2, 0.25) is 0 Å². The van der Waals surface area contributed by atoms with Crippen LogP contribution in [0.3, 0.4) is 0 Å². The Kier molecular flexibility index (Phi) is 45.2. The van der Waals surface area contributed by atoms with Crippen LogP contribution in [0.25, 0.3) is 0 Å². The van der Waals surface area contributed by atoms with Crippen LogP contribution < -0.4 is 5.32 Å². The highest BCUT2D eigenvalue weighted by molar-refractivity contribution is 5.78. The largest absolute Gasteiger partial charge is 0.458 e. The minimum Gasteiger partial charge on any atom is -0.458 e. The molecule has 1 amide bonds. The van der Waals surface area contributed by atoms with Gasteiger partial charge in [0, 0.05) is 6.42 Å². The molecule has 0 saturated heterocycles. The van der Waals surface area contributed by atoms with Gasteiger partial charge >= 0.3 is 5.97 Å². The van der Waals surface area contributed by atoms with Crippen LogP contribution in [-0.2, 0) is 14.3 Å². The van der Waals surface area contributed by atoms with Gasteiger partial charge in [0.15, 0.2) is 0 Å². The molecule has 0 fully saturated rings. The van der Waals surface area contributed by atoms with Gasteiger partial charge < -0.3 is 20.3 Å². The summed E-state index contributed by atoms with van der Waals surface area (Å²) in [6.45, 7) is 6.27. The number of aliphatic hydroxyl groups excluding tert-OH is 2. The summed E-state index contributed by atoms with van der Waals surface area (Å²) in [5, 5.41) is 23.7. The van der Waals surface area contributed by atoms with E-state index in [1.54, 1.807) is 6.08 Å². The first kappa shape index (κ1) is 57.3. The number of aliphatic hydroxyl groups is 2. The van der Waals surface area contributed by atoms with E-state index in [9.17, 15) is 19.8 Å². The van der Waals surface area contributed by atoms with E-state index in [4.69, 9.17) is 4.74 Å². The number of amides is 1. The number of carbonyl (C=O) groups excluding carboxylic acids is 2. The van der Waals surface area contributed by atoms with Crippen molar-refractivity contribution in [2.45, 2.75) is 251 Å². The molecule has 0 bridgehead atoms. The number of esters is 1. The lowest BCUT2D eigenvalue weighted by Crippen LogP contribution is -2.46. The van der Waals surface area contributed by atoms with Crippen LogP contribution >= 0.6 is 0 Å². The zero-order chi connectivity index (χ0) is 43.8. The number of ether oxygens (including phenoxy) is 1. The van der Waals surface area contributed by atoms with E-state index in [0.29, 0.717) is 19.3 Å². The van der Waals surface area contributed by atoms with E-state index in [1.807, 2.05) is 6.08 Å². The van der Waals surface area contributed by atoms with E-state index in [0.717, 1.165) is 83.5 Å². The molecule has 0 aromatic carbocycles. The number of nitrogens with one attached hydrogen (secondary N) is 1. The summed E-state index contributed by atoms with van der Waals surface area (Å²) in [5.74, 6) is -0.643. The van der Waals surface area contributed by atoms with Gasteiger partial charge in [0.2, 0.25) is 5.91 Å². The molecule has 3 atom stereocenters. The smallest absolute Gasteiger partial charge is 0.306 e. The molecule has 346 valence electrons. The Morgan fingerprint density at radius 3 is 1.47 bits per heavy atom. The first-order chi connectivity index (χ1) is 29.5. The SMILES string of the molecule is CC/C=C/C/C=C/C/C=C/C/C=C/C/C=C/C(CC(=O)NC(CO)C(O)CCCCCCCCCCCCCCCCCCC)OC(=O)CCCCCCC/C=C\CCC. The van der Waals surface area contributed by atoms with Gasteiger partial charge in [-0.1, -0.05) is 222 Å². The van der Waals surface area contributed by atoms with Crippen molar-refractivity contribution >= 4 is 11.9 Å². The lowest BCUT2D eigenvalue weighted by molar-refractivity contribution is -0.148. The van der Waals surface area contributed by atoms with Crippen molar-refractivity contribution in [1.29, 1.82) is 0 Å². The van der Waals surface area contributed by atoms with Crippen molar-refractivity contribution in [1.82, 2.24) is 5.32 Å². The first-order valence-corrected chi connectivity index (χ1v) is 25.2. The zero-order valence-corrected chi connectivity index (χ0v) is 39.3. The van der Waals surface area contributed by atoms with Gasteiger partial charge in [-0.3, -0.25) is 9.59 Å². The van der Waals surface area contributed by atoms with Crippen LogP contribution in [0.15, 0.2) is 72.9 Å². The highest BCUT2D eigenvalue weighted by Crippen LogP contribution is 2.16.